The van der Waals surface area contributed by atoms with Crippen LogP contribution in [0.5, 0.6) is 17.4 Å². The van der Waals surface area contributed by atoms with Crippen LogP contribution < -0.4 is 9.47 Å². The smallest absolute Gasteiger partial charge is 0.233 e. The quantitative estimate of drug-likeness (QED) is 0.734. The highest BCUT2D eigenvalue weighted by Crippen LogP contribution is 2.34. The Morgan fingerprint density at radius 2 is 2.14 bits per heavy atom. The zero-order chi connectivity index (χ0) is 15.5. The lowest BCUT2D eigenvalue weighted by Crippen LogP contribution is -1.98. The normalized spacial score (nSPS) is 10.4. The molecule has 0 bridgehead atoms. The van der Waals surface area contributed by atoms with Crippen molar-refractivity contribution < 1.29 is 9.47 Å². The van der Waals surface area contributed by atoms with Crippen molar-refractivity contribution >= 4 is 11.0 Å². The van der Waals surface area contributed by atoms with Crippen LogP contribution in [-0.4, -0.2) is 26.4 Å². The van der Waals surface area contributed by atoms with Gasteiger partial charge in [-0.25, -0.2) is 9.97 Å². The molecular weight excluding hydrogens is 282 g/mol. The number of rotatable bonds is 4. The van der Waals surface area contributed by atoms with Crippen LogP contribution in [0.15, 0.2) is 30.7 Å². The molecule has 0 radical (unpaired) electrons. The molecule has 0 spiro atoms. The second-order valence-corrected chi connectivity index (χ2v) is 4.49. The van der Waals surface area contributed by atoms with Crippen LogP contribution in [0.2, 0.25) is 0 Å². The fourth-order valence-corrected chi connectivity index (χ4v) is 2.06. The minimum Gasteiger partial charge on any atom is -0.490 e. The second-order valence-electron chi connectivity index (χ2n) is 4.49. The first kappa shape index (κ1) is 13.8. The Morgan fingerprint density at radius 1 is 1.27 bits per heavy atom. The van der Waals surface area contributed by atoms with E-state index in [4.69, 9.17) is 14.7 Å². The van der Waals surface area contributed by atoms with Crippen LogP contribution >= 0.6 is 0 Å². The van der Waals surface area contributed by atoms with Gasteiger partial charge in [-0.1, -0.05) is 0 Å². The number of aromatic nitrogens is 4. The predicted octanol–water partition coefficient (Wildman–Crippen LogP) is 2.43. The molecule has 0 aliphatic heterocycles. The average Bonchev–Trinajstić information content (AvgIpc) is 2.92. The second kappa shape index (κ2) is 5.69. The summed E-state index contributed by atoms with van der Waals surface area (Å²) in [6.07, 6.45) is 3.07. The van der Waals surface area contributed by atoms with Crippen molar-refractivity contribution in [3.8, 4) is 23.4 Å². The van der Waals surface area contributed by atoms with Gasteiger partial charge in [0.05, 0.1) is 24.4 Å². The number of aryl methyl sites for hydroxylation is 1. The van der Waals surface area contributed by atoms with Crippen molar-refractivity contribution in [3.05, 3.63) is 36.3 Å². The van der Waals surface area contributed by atoms with Gasteiger partial charge in [-0.2, -0.15) is 10.4 Å². The van der Waals surface area contributed by atoms with Gasteiger partial charge in [0.2, 0.25) is 5.88 Å². The maximum atomic E-state index is 8.98. The lowest BCUT2D eigenvalue weighted by molar-refractivity contribution is 0.320. The van der Waals surface area contributed by atoms with E-state index in [1.807, 2.05) is 6.92 Å². The molecule has 7 nitrogen and oxygen atoms in total. The first-order valence-corrected chi connectivity index (χ1v) is 6.70. The van der Waals surface area contributed by atoms with Crippen molar-refractivity contribution in [2.24, 2.45) is 7.05 Å². The Kier molecular flexibility index (Phi) is 3.58. The number of nitrogens with zero attached hydrogens (tertiary/aromatic N) is 5. The van der Waals surface area contributed by atoms with Gasteiger partial charge in [0.1, 0.15) is 11.7 Å². The average molecular weight is 295 g/mol. The lowest BCUT2D eigenvalue weighted by atomic mass is 10.2. The minimum atomic E-state index is 0.392. The summed E-state index contributed by atoms with van der Waals surface area (Å²) in [6, 6.07) is 7.07. The molecule has 3 rings (SSSR count). The highest BCUT2D eigenvalue weighted by atomic mass is 16.5. The van der Waals surface area contributed by atoms with E-state index in [2.05, 4.69) is 21.1 Å². The van der Waals surface area contributed by atoms with Crippen LogP contribution in [0.1, 0.15) is 12.5 Å². The van der Waals surface area contributed by atoms with Crippen molar-refractivity contribution in [1.29, 1.82) is 5.26 Å². The van der Waals surface area contributed by atoms with E-state index < -0.39 is 0 Å². The fourth-order valence-electron chi connectivity index (χ4n) is 2.06. The number of hydrogen-bond acceptors (Lipinski definition) is 6. The van der Waals surface area contributed by atoms with E-state index in [1.54, 1.807) is 36.1 Å². The number of benzene rings is 1. The molecule has 22 heavy (non-hydrogen) atoms. The Morgan fingerprint density at radius 3 is 2.91 bits per heavy atom. The maximum absolute atomic E-state index is 8.98. The van der Waals surface area contributed by atoms with E-state index in [-0.39, 0.29) is 0 Å². The highest BCUT2D eigenvalue weighted by Gasteiger charge is 2.13. The van der Waals surface area contributed by atoms with Gasteiger partial charge in [0, 0.05) is 13.1 Å². The molecule has 0 saturated heterocycles. The number of fused-ring (bicyclic) bond motifs is 1. The molecule has 110 valence electrons. The predicted molar refractivity (Wildman–Crippen MR) is 78.7 cm³/mol. The van der Waals surface area contributed by atoms with Crippen LogP contribution in [-0.2, 0) is 7.05 Å². The fraction of sp³-hybridized carbons (Fsp3) is 0.200. The molecule has 2 aromatic heterocycles. The minimum absolute atomic E-state index is 0.392. The van der Waals surface area contributed by atoms with Gasteiger partial charge in [-0.3, -0.25) is 4.68 Å². The lowest BCUT2D eigenvalue weighted by Gasteiger charge is -2.11. The van der Waals surface area contributed by atoms with Crippen LogP contribution in [0.25, 0.3) is 11.0 Å². The zero-order valence-electron chi connectivity index (χ0n) is 12.1. The van der Waals surface area contributed by atoms with Crippen LogP contribution in [0.4, 0.5) is 0 Å². The summed E-state index contributed by atoms with van der Waals surface area (Å²) >= 11 is 0. The molecule has 0 fully saturated rings. The van der Waals surface area contributed by atoms with E-state index in [1.165, 1.54) is 6.33 Å². The van der Waals surface area contributed by atoms with Gasteiger partial charge in [-0.05, 0) is 19.1 Å². The van der Waals surface area contributed by atoms with Crippen molar-refractivity contribution in [2.75, 3.05) is 6.61 Å². The Bertz CT molecular complexity index is 866. The van der Waals surface area contributed by atoms with Gasteiger partial charge in [0.25, 0.3) is 0 Å². The third kappa shape index (κ3) is 2.42. The van der Waals surface area contributed by atoms with E-state index in [9.17, 15) is 0 Å². The molecule has 3 aromatic rings. The summed E-state index contributed by atoms with van der Waals surface area (Å²) in [7, 11) is 1.80. The molecule has 7 heteroatoms. The maximum Gasteiger partial charge on any atom is 0.233 e. The van der Waals surface area contributed by atoms with E-state index in [0.29, 0.717) is 40.6 Å². The third-order valence-electron chi connectivity index (χ3n) is 3.07. The number of hydrogen-bond donors (Lipinski definition) is 0. The van der Waals surface area contributed by atoms with Gasteiger partial charge in [-0.15, -0.1) is 0 Å². The molecule has 0 aliphatic carbocycles. The molecule has 0 unspecified atom stereocenters. The van der Waals surface area contributed by atoms with E-state index >= 15 is 0 Å². The summed E-state index contributed by atoms with van der Waals surface area (Å²) in [4.78, 5) is 8.32. The SMILES string of the molecule is CCOc1cc(C#N)ccc1Oc1ncnc2c1cnn2C. The van der Waals surface area contributed by atoms with Crippen LogP contribution in [0.3, 0.4) is 0 Å². The van der Waals surface area contributed by atoms with Gasteiger partial charge in [0.15, 0.2) is 17.1 Å². The molecule has 0 aliphatic rings. The first-order chi connectivity index (χ1) is 10.7. The first-order valence-electron chi connectivity index (χ1n) is 6.70. The standard InChI is InChI=1S/C15H13N5O2/c1-3-21-13-6-10(7-16)4-5-12(13)22-15-11-8-19-20(2)14(11)17-9-18-15/h4-6,8-9H,3H2,1-2H3. The largest absolute Gasteiger partial charge is 0.490 e. The molecule has 0 N–H and O–H groups in total. The van der Waals surface area contributed by atoms with Crippen molar-refractivity contribution in [3.63, 3.8) is 0 Å². The zero-order valence-corrected chi connectivity index (χ0v) is 12.1. The summed E-state index contributed by atoms with van der Waals surface area (Å²) in [5.41, 5.74) is 1.18. The summed E-state index contributed by atoms with van der Waals surface area (Å²) in [6.45, 7) is 2.34. The molecule has 0 amide bonds. The van der Waals surface area contributed by atoms with Crippen molar-refractivity contribution in [2.45, 2.75) is 6.92 Å². The molecule has 0 atom stereocenters. The summed E-state index contributed by atoms with van der Waals surface area (Å²) < 4.78 is 13.0. The monoisotopic (exact) mass is 295 g/mol. The Balaban J connectivity index is 2.03. The third-order valence-corrected chi connectivity index (χ3v) is 3.07. The molecule has 2 heterocycles. The van der Waals surface area contributed by atoms with Crippen molar-refractivity contribution in [1.82, 2.24) is 19.7 Å². The van der Waals surface area contributed by atoms with Crippen LogP contribution in [0, 0.1) is 11.3 Å². The number of ether oxygens (including phenoxy) is 2. The summed E-state index contributed by atoms with van der Waals surface area (Å²) in [5.74, 6) is 1.38. The Hall–Kier alpha value is -3.14. The molecule has 1 aromatic carbocycles. The molecule has 0 saturated carbocycles. The number of nitriles is 1. The summed E-state index contributed by atoms with van der Waals surface area (Å²) in [5, 5.41) is 13.8. The Labute approximate surface area is 126 Å². The highest BCUT2D eigenvalue weighted by molar-refractivity contribution is 5.80. The molecular formula is C15H13N5O2. The van der Waals surface area contributed by atoms with E-state index in [0.717, 1.165) is 0 Å². The topological polar surface area (TPSA) is 85.8 Å². The van der Waals surface area contributed by atoms with Gasteiger partial charge < -0.3 is 9.47 Å². The van der Waals surface area contributed by atoms with Gasteiger partial charge >= 0.3 is 0 Å².